The number of ether oxygens (including phenoxy) is 1. The lowest BCUT2D eigenvalue weighted by Crippen LogP contribution is -2.43. The molecule has 1 amide bonds. The molecule has 170 valence electrons. The fourth-order valence-corrected chi connectivity index (χ4v) is 4.08. The summed E-state index contributed by atoms with van der Waals surface area (Å²) in [5.74, 6) is 1.12. The second kappa shape index (κ2) is 14.1. The van der Waals surface area contributed by atoms with E-state index in [2.05, 4.69) is 23.6 Å². The molecule has 3 rings (SSSR count). The molecule has 1 aromatic rings. The number of benzene rings is 1. The van der Waals surface area contributed by atoms with Gasteiger partial charge in [-0.05, 0) is 81.3 Å². The zero-order valence-electron chi connectivity index (χ0n) is 19.4. The van der Waals surface area contributed by atoms with E-state index in [1.165, 1.54) is 43.2 Å². The Morgan fingerprint density at radius 1 is 1.20 bits per heavy atom. The molecular formula is C24H41N3O3. The van der Waals surface area contributed by atoms with Crippen molar-refractivity contribution in [1.82, 2.24) is 10.6 Å². The summed E-state index contributed by atoms with van der Waals surface area (Å²) < 4.78 is 5.47. The fraction of sp³-hybridized carbons (Fsp3) is 0.667. The molecule has 30 heavy (non-hydrogen) atoms. The van der Waals surface area contributed by atoms with Crippen LogP contribution in [0, 0.1) is 5.92 Å². The number of esters is 1. The number of hydrogen-bond acceptors (Lipinski definition) is 5. The lowest BCUT2D eigenvalue weighted by Gasteiger charge is -2.37. The third kappa shape index (κ3) is 7.73. The van der Waals surface area contributed by atoms with Crippen molar-refractivity contribution in [2.45, 2.75) is 78.2 Å². The minimum atomic E-state index is -0.709. The summed E-state index contributed by atoms with van der Waals surface area (Å²) >= 11 is 0. The van der Waals surface area contributed by atoms with Crippen LogP contribution in [0.3, 0.4) is 0 Å². The molecule has 0 aliphatic heterocycles. The Bertz CT molecular complexity index is 661. The van der Waals surface area contributed by atoms with Crippen molar-refractivity contribution in [3.05, 3.63) is 29.3 Å². The molecule has 1 aromatic carbocycles. The van der Waals surface area contributed by atoms with Crippen LogP contribution in [0.5, 0.6) is 5.75 Å². The first kappa shape index (κ1) is 26.1. The molecule has 0 aromatic heterocycles. The van der Waals surface area contributed by atoms with E-state index in [-0.39, 0.29) is 12.5 Å². The van der Waals surface area contributed by atoms with Crippen LogP contribution in [0.25, 0.3) is 0 Å². The summed E-state index contributed by atoms with van der Waals surface area (Å²) in [6.07, 6.45) is 7.57. The molecule has 2 aliphatic carbocycles. The summed E-state index contributed by atoms with van der Waals surface area (Å²) in [6.45, 7) is 8.60. The highest BCUT2D eigenvalue weighted by atomic mass is 16.5. The van der Waals surface area contributed by atoms with E-state index in [1.807, 2.05) is 33.0 Å². The van der Waals surface area contributed by atoms with E-state index in [0.717, 1.165) is 18.9 Å². The second-order valence-electron chi connectivity index (χ2n) is 7.67. The zero-order chi connectivity index (χ0) is 22.5. The lowest BCUT2D eigenvalue weighted by atomic mass is 9.68. The molecule has 0 bridgehead atoms. The number of aryl methyl sites for hydroxylation is 1. The monoisotopic (exact) mass is 419 g/mol. The number of amides is 1. The van der Waals surface area contributed by atoms with E-state index in [0.29, 0.717) is 11.7 Å². The maximum Gasteiger partial charge on any atom is 0.333 e. The molecule has 0 heterocycles. The minimum absolute atomic E-state index is 0.139. The topological polar surface area (TPSA) is 93.5 Å². The SMILES string of the molecule is CC.CC(NC(=O)CN)C(=O)Oc1ccc2c(c1)C1CCCCC1CC2.CCNC. The summed E-state index contributed by atoms with van der Waals surface area (Å²) in [5, 5.41) is 5.45. The van der Waals surface area contributed by atoms with Gasteiger partial charge in [-0.15, -0.1) is 0 Å². The number of nitrogens with one attached hydrogen (secondary N) is 2. The normalized spacial score (nSPS) is 20.1. The van der Waals surface area contributed by atoms with Gasteiger partial charge in [0, 0.05) is 0 Å². The Balaban J connectivity index is 0.000000673. The Labute approximate surface area is 182 Å². The molecule has 0 saturated heterocycles. The van der Waals surface area contributed by atoms with Gasteiger partial charge in [0.05, 0.1) is 6.54 Å². The van der Waals surface area contributed by atoms with Crippen LogP contribution < -0.4 is 21.1 Å². The van der Waals surface area contributed by atoms with Gasteiger partial charge in [0.2, 0.25) is 5.91 Å². The highest BCUT2D eigenvalue weighted by Gasteiger charge is 2.32. The highest BCUT2D eigenvalue weighted by Crippen LogP contribution is 2.45. The van der Waals surface area contributed by atoms with Crippen LogP contribution in [0.2, 0.25) is 0 Å². The first-order valence-electron chi connectivity index (χ1n) is 11.5. The molecule has 0 radical (unpaired) electrons. The molecule has 3 atom stereocenters. The Hall–Kier alpha value is -1.92. The fourth-order valence-electron chi connectivity index (χ4n) is 4.08. The minimum Gasteiger partial charge on any atom is -0.425 e. The van der Waals surface area contributed by atoms with Crippen LogP contribution in [0.4, 0.5) is 0 Å². The molecule has 2 aliphatic rings. The van der Waals surface area contributed by atoms with Gasteiger partial charge in [0.15, 0.2) is 0 Å². The van der Waals surface area contributed by atoms with Gasteiger partial charge < -0.3 is 21.1 Å². The number of carbonyl (C=O) groups excluding carboxylic acids is 2. The molecule has 0 spiro atoms. The number of carbonyl (C=O) groups is 2. The first-order chi connectivity index (χ1) is 14.5. The second-order valence-corrected chi connectivity index (χ2v) is 7.67. The third-order valence-electron chi connectivity index (χ3n) is 5.70. The molecule has 6 nitrogen and oxygen atoms in total. The van der Waals surface area contributed by atoms with E-state index < -0.39 is 12.0 Å². The number of rotatable bonds is 5. The zero-order valence-corrected chi connectivity index (χ0v) is 19.4. The van der Waals surface area contributed by atoms with Crippen molar-refractivity contribution >= 4 is 11.9 Å². The molecule has 3 unspecified atom stereocenters. The number of hydrogen-bond donors (Lipinski definition) is 3. The van der Waals surface area contributed by atoms with Crippen LogP contribution in [-0.4, -0.2) is 38.1 Å². The van der Waals surface area contributed by atoms with E-state index in [4.69, 9.17) is 10.5 Å². The van der Waals surface area contributed by atoms with E-state index in [9.17, 15) is 9.59 Å². The van der Waals surface area contributed by atoms with Gasteiger partial charge >= 0.3 is 5.97 Å². The Morgan fingerprint density at radius 2 is 1.87 bits per heavy atom. The lowest BCUT2D eigenvalue weighted by molar-refractivity contribution is -0.138. The van der Waals surface area contributed by atoms with Crippen molar-refractivity contribution in [2.24, 2.45) is 11.7 Å². The summed E-state index contributed by atoms with van der Waals surface area (Å²) in [5.41, 5.74) is 7.99. The van der Waals surface area contributed by atoms with Gasteiger partial charge in [-0.2, -0.15) is 0 Å². The van der Waals surface area contributed by atoms with Crippen LogP contribution >= 0.6 is 0 Å². The van der Waals surface area contributed by atoms with Gasteiger partial charge in [-0.25, -0.2) is 4.79 Å². The van der Waals surface area contributed by atoms with E-state index >= 15 is 0 Å². The quantitative estimate of drug-likeness (QED) is 0.501. The maximum absolute atomic E-state index is 12.1. The van der Waals surface area contributed by atoms with Crippen molar-refractivity contribution < 1.29 is 14.3 Å². The molecule has 1 saturated carbocycles. The molecule has 1 fully saturated rings. The number of nitrogens with two attached hydrogens (primary N) is 1. The third-order valence-corrected chi connectivity index (χ3v) is 5.70. The summed E-state index contributed by atoms with van der Waals surface area (Å²) in [7, 11) is 1.93. The van der Waals surface area contributed by atoms with Crippen LogP contribution in [-0.2, 0) is 16.0 Å². The Morgan fingerprint density at radius 3 is 2.50 bits per heavy atom. The predicted molar refractivity (Wildman–Crippen MR) is 123 cm³/mol. The maximum atomic E-state index is 12.1. The average Bonchev–Trinajstić information content (AvgIpc) is 2.80. The van der Waals surface area contributed by atoms with Gasteiger partial charge in [-0.1, -0.05) is 39.7 Å². The van der Waals surface area contributed by atoms with Crippen LogP contribution in [0.1, 0.15) is 76.8 Å². The standard InChI is InChI=1S/C19H26N2O3.C3H9N.C2H6/c1-12(21-18(22)11-20)19(23)24-15-9-8-14-7-6-13-4-2-3-5-16(13)17(14)10-15;1-3-4-2;1-2/h8-10,12-13,16H,2-7,11,20H2,1H3,(H,21,22);4H,3H2,1-2H3;1-2H3. The summed E-state index contributed by atoms with van der Waals surface area (Å²) in [4.78, 5) is 23.4. The summed E-state index contributed by atoms with van der Waals surface area (Å²) in [6, 6.07) is 5.27. The largest absolute Gasteiger partial charge is 0.425 e. The smallest absolute Gasteiger partial charge is 0.333 e. The average molecular weight is 420 g/mol. The highest BCUT2D eigenvalue weighted by molar-refractivity contribution is 5.86. The molecular weight excluding hydrogens is 378 g/mol. The first-order valence-corrected chi connectivity index (χ1v) is 11.5. The molecule has 4 N–H and O–H groups in total. The Kier molecular flexibility index (Phi) is 12.3. The van der Waals surface area contributed by atoms with E-state index in [1.54, 1.807) is 6.92 Å². The van der Waals surface area contributed by atoms with Crippen LogP contribution in [0.15, 0.2) is 18.2 Å². The number of fused-ring (bicyclic) bond motifs is 3. The molecule has 6 heteroatoms. The van der Waals surface area contributed by atoms with Gasteiger partial charge in [-0.3, -0.25) is 4.79 Å². The van der Waals surface area contributed by atoms with Gasteiger partial charge in [0.25, 0.3) is 0 Å². The van der Waals surface area contributed by atoms with Crippen molar-refractivity contribution in [2.75, 3.05) is 20.1 Å². The predicted octanol–water partition coefficient (Wildman–Crippen LogP) is 3.53. The van der Waals surface area contributed by atoms with Crippen molar-refractivity contribution in [3.8, 4) is 5.75 Å². The van der Waals surface area contributed by atoms with Crippen molar-refractivity contribution in [3.63, 3.8) is 0 Å². The van der Waals surface area contributed by atoms with Gasteiger partial charge in [0.1, 0.15) is 11.8 Å². The van der Waals surface area contributed by atoms with Crippen molar-refractivity contribution in [1.29, 1.82) is 0 Å².